The predicted octanol–water partition coefficient (Wildman–Crippen LogP) is 0.518. The molecule has 1 saturated carbocycles. The van der Waals surface area contributed by atoms with E-state index in [0.29, 0.717) is 12.3 Å². The van der Waals surface area contributed by atoms with Crippen LogP contribution in [0.2, 0.25) is 0 Å². The lowest BCUT2D eigenvalue weighted by molar-refractivity contribution is -0.143. The molecule has 92 valence electrons. The van der Waals surface area contributed by atoms with Crippen molar-refractivity contribution in [2.24, 2.45) is 5.92 Å². The van der Waals surface area contributed by atoms with Gasteiger partial charge in [0.05, 0.1) is 6.61 Å². The van der Waals surface area contributed by atoms with Gasteiger partial charge in [0, 0.05) is 6.42 Å². The van der Waals surface area contributed by atoms with Gasteiger partial charge in [-0.3, -0.25) is 4.79 Å². The molecule has 1 aliphatic rings. The number of aliphatic carboxylic acids is 1. The van der Waals surface area contributed by atoms with Gasteiger partial charge >= 0.3 is 5.97 Å². The van der Waals surface area contributed by atoms with Crippen LogP contribution in [-0.2, 0) is 9.59 Å². The molecule has 0 radical (unpaired) electrons. The van der Waals surface area contributed by atoms with Crippen LogP contribution in [0.5, 0.6) is 0 Å². The van der Waals surface area contributed by atoms with E-state index in [1.165, 1.54) is 25.7 Å². The Kier molecular flexibility index (Phi) is 5.25. The number of amides is 1. The summed E-state index contributed by atoms with van der Waals surface area (Å²) in [4.78, 5) is 21.9. The van der Waals surface area contributed by atoms with Crippen LogP contribution in [0.4, 0.5) is 0 Å². The summed E-state index contributed by atoms with van der Waals surface area (Å²) in [6.07, 6.45) is 6.00. The van der Waals surface area contributed by atoms with Crippen LogP contribution in [0.15, 0.2) is 0 Å². The number of carbonyl (C=O) groups excluding carboxylic acids is 1. The number of carboxylic acid groups (broad SMARTS) is 1. The number of aliphatic hydroxyl groups excluding tert-OH is 1. The first-order valence-corrected chi connectivity index (χ1v) is 5.76. The molecule has 1 atom stereocenters. The normalized spacial score (nSPS) is 18.3. The maximum Gasteiger partial charge on any atom is 0.328 e. The molecular formula is C11H19NO4. The van der Waals surface area contributed by atoms with Crippen molar-refractivity contribution in [3.8, 4) is 0 Å². The molecule has 1 amide bonds. The molecule has 0 aromatic rings. The first-order chi connectivity index (χ1) is 7.63. The lowest BCUT2D eigenvalue weighted by Gasteiger charge is -2.13. The summed E-state index contributed by atoms with van der Waals surface area (Å²) in [6.45, 7) is -0.565. The zero-order valence-electron chi connectivity index (χ0n) is 9.32. The number of carbonyl (C=O) groups is 2. The molecule has 1 rings (SSSR count). The highest BCUT2D eigenvalue weighted by molar-refractivity contribution is 5.83. The molecule has 1 fully saturated rings. The maximum absolute atomic E-state index is 11.4. The Morgan fingerprint density at radius 3 is 2.44 bits per heavy atom. The van der Waals surface area contributed by atoms with Crippen LogP contribution in [0.1, 0.15) is 38.5 Å². The number of hydrogen-bond donors (Lipinski definition) is 3. The van der Waals surface area contributed by atoms with Crippen LogP contribution < -0.4 is 5.32 Å². The Morgan fingerprint density at radius 1 is 1.31 bits per heavy atom. The lowest BCUT2D eigenvalue weighted by atomic mass is 10.0. The van der Waals surface area contributed by atoms with Gasteiger partial charge < -0.3 is 15.5 Å². The van der Waals surface area contributed by atoms with Crippen molar-refractivity contribution in [3.63, 3.8) is 0 Å². The molecule has 0 bridgehead atoms. The van der Waals surface area contributed by atoms with Gasteiger partial charge in [-0.1, -0.05) is 25.7 Å². The standard InChI is InChI=1S/C11H19NO4/c13-7-9(11(15)16)12-10(14)6-5-8-3-1-2-4-8/h8-9,13H,1-7H2,(H,12,14)(H,15,16)/t9-/m0/s1. The number of aliphatic hydroxyl groups is 1. The van der Waals surface area contributed by atoms with Gasteiger partial charge in [-0.05, 0) is 12.3 Å². The van der Waals surface area contributed by atoms with E-state index in [4.69, 9.17) is 10.2 Å². The third-order valence-electron chi connectivity index (χ3n) is 3.07. The zero-order chi connectivity index (χ0) is 12.0. The Morgan fingerprint density at radius 2 is 1.94 bits per heavy atom. The number of nitrogens with one attached hydrogen (secondary N) is 1. The lowest BCUT2D eigenvalue weighted by Crippen LogP contribution is -2.43. The van der Waals surface area contributed by atoms with Crippen molar-refractivity contribution in [3.05, 3.63) is 0 Å². The number of carboxylic acids is 1. The summed E-state index contributed by atoms with van der Waals surface area (Å²) in [6, 6.07) is -1.17. The highest BCUT2D eigenvalue weighted by Crippen LogP contribution is 2.28. The van der Waals surface area contributed by atoms with Crippen molar-refractivity contribution in [1.29, 1.82) is 0 Å². The molecule has 0 saturated heterocycles. The molecule has 0 spiro atoms. The molecule has 0 aromatic carbocycles. The minimum atomic E-state index is -1.20. The Hall–Kier alpha value is -1.10. The first kappa shape index (κ1) is 13.0. The molecule has 0 aromatic heterocycles. The third-order valence-corrected chi connectivity index (χ3v) is 3.07. The Bertz CT molecular complexity index is 248. The minimum Gasteiger partial charge on any atom is -0.480 e. The van der Waals surface area contributed by atoms with E-state index in [-0.39, 0.29) is 5.91 Å². The van der Waals surface area contributed by atoms with E-state index in [2.05, 4.69) is 5.32 Å². The van der Waals surface area contributed by atoms with E-state index >= 15 is 0 Å². The highest BCUT2D eigenvalue weighted by Gasteiger charge is 2.20. The summed E-state index contributed by atoms with van der Waals surface area (Å²) in [5.74, 6) is -0.867. The van der Waals surface area contributed by atoms with Crippen molar-refractivity contribution in [2.75, 3.05) is 6.61 Å². The summed E-state index contributed by atoms with van der Waals surface area (Å²) in [7, 11) is 0. The Balaban J connectivity index is 2.21. The first-order valence-electron chi connectivity index (χ1n) is 5.76. The molecule has 3 N–H and O–H groups in total. The average molecular weight is 229 g/mol. The molecule has 5 heteroatoms. The molecule has 1 aliphatic carbocycles. The molecule has 5 nitrogen and oxygen atoms in total. The van der Waals surface area contributed by atoms with Crippen molar-refractivity contribution in [1.82, 2.24) is 5.32 Å². The van der Waals surface area contributed by atoms with Crippen LogP contribution in [0.25, 0.3) is 0 Å². The fraction of sp³-hybridized carbons (Fsp3) is 0.818. The monoisotopic (exact) mass is 229 g/mol. The zero-order valence-corrected chi connectivity index (χ0v) is 9.32. The number of hydrogen-bond acceptors (Lipinski definition) is 3. The Labute approximate surface area is 94.8 Å². The van der Waals surface area contributed by atoms with Gasteiger partial charge in [-0.2, -0.15) is 0 Å². The van der Waals surface area contributed by atoms with E-state index in [1.807, 2.05) is 0 Å². The van der Waals surface area contributed by atoms with Gasteiger partial charge in [-0.15, -0.1) is 0 Å². The fourth-order valence-corrected chi connectivity index (χ4v) is 2.09. The molecule has 0 aliphatic heterocycles. The SMILES string of the molecule is O=C(CCC1CCCC1)N[C@@H](CO)C(=O)O. The molecule has 16 heavy (non-hydrogen) atoms. The molecule has 0 unspecified atom stereocenters. The molecular weight excluding hydrogens is 210 g/mol. The van der Waals surface area contributed by atoms with Crippen molar-refractivity contribution < 1.29 is 19.8 Å². The second-order valence-electron chi connectivity index (χ2n) is 4.33. The fourth-order valence-electron chi connectivity index (χ4n) is 2.09. The smallest absolute Gasteiger partial charge is 0.328 e. The summed E-state index contributed by atoms with van der Waals surface area (Å²) in [5, 5.41) is 19.7. The van der Waals surface area contributed by atoms with E-state index in [9.17, 15) is 9.59 Å². The summed E-state index contributed by atoms with van der Waals surface area (Å²) >= 11 is 0. The van der Waals surface area contributed by atoms with E-state index < -0.39 is 18.6 Å². The second kappa shape index (κ2) is 6.48. The van der Waals surface area contributed by atoms with Crippen LogP contribution >= 0.6 is 0 Å². The van der Waals surface area contributed by atoms with Gasteiger partial charge in [0.25, 0.3) is 0 Å². The van der Waals surface area contributed by atoms with Gasteiger partial charge in [0.15, 0.2) is 0 Å². The second-order valence-corrected chi connectivity index (χ2v) is 4.33. The van der Waals surface area contributed by atoms with E-state index in [0.717, 1.165) is 6.42 Å². The van der Waals surface area contributed by atoms with Crippen molar-refractivity contribution >= 4 is 11.9 Å². The minimum absolute atomic E-state index is 0.284. The topological polar surface area (TPSA) is 86.6 Å². The summed E-state index contributed by atoms with van der Waals surface area (Å²) < 4.78 is 0. The van der Waals surface area contributed by atoms with Crippen LogP contribution in [0, 0.1) is 5.92 Å². The van der Waals surface area contributed by atoms with E-state index in [1.54, 1.807) is 0 Å². The van der Waals surface area contributed by atoms with Crippen LogP contribution in [0.3, 0.4) is 0 Å². The predicted molar refractivity (Wildman–Crippen MR) is 57.8 cm³/mol. The largest absolute Gasteiger partial charge is 0.480 e. The van der Waals surface area contributed by atoms with Gasteiger partial charge in [-0.25, -0.2) is 4.79 Å². The summed E-state index contributed by atoms with van der Waals surface area (Å²) in [5.41, 5.74) is 0. The van der Waals surface area contributed by atoms with Crippen molar-refractivity contribution in [2.45, 2.75) is 44.6 Å². The van der Waals surface area contributed by atoms with Gasteiger partial charge in [0.2, 0.25) is 5.91 Å². The van der Waals surface area contributed by atoms with Gasteiger partial charge in [0.1, 0.15) is 6.04 Å². The quantitative estimate of drug-likeness (QED) is 0.619. The third kappa shape index (κ3) is 4.18. The average Bonchev–Trinajstić information content (AvgIpc) is 2.75. The maximum atomic E-state index is 11.4. The molecule has 0 heterocycles. The van der Waals surface area contributed by atoms with Crippen LogP contribution in [-0.4, -0.2) is 34.7 Å². The highest BCUT2D eigenvalue weighted by atomic mass is 16.4. The number of rotatable bonds is 6.